The minimum Gasteiger partial charge on any atom is -0.375 e. The molecule has 0 aromatic heterocycles. The van der Waals surface area contributed by atoms with Gasteiger partial charge in [0, 0.05) is 24.3 Å². The van der Waals surface area contributed by atoms with Gasteiger partial charge in [0.2, 0.25) is 5.91 Å². The van der Waals surface area contributed by atoms with Crippen molar-refractivity contribution in [3.8, 4) is 0 Å². The van der Waals surface area contributed by atoms with Crippen LogP contribution in [0.2, 0.25) is 0 Å². The van der Waals surface area contributed by atoms with Crippen LogP contribution in [0.25, 0.3) is 0 Å². The standard InChI is InChI=1S/C15H21N3O3/c1-3-16-14(19)11-4-6-12(7-5-11)18-15(20)13-10(2)21-9-8-17-13/h4-7,10,13,17H,3,8-9H2,1-2H3,(H,16,19)(H,18,20)/t10-,13+/m1/s1. The minimum atomic E-state index is -0.359. The molecule has 1 heterocycles. The van der Waals surface area contributed by atoms with Gasteiger partial charge in [-0.3, -0.25) is 9.59 Å². The predicted molar refractivity (Wildman–Crippen MR) is 80.3 cm³/mol. The third-order valence-corrected chi connectivity index (χ3v) is 3.35. The highest BCUT2D eigenvalue weighted by Gasteiger charge is 2.28. The Kier molecular flexibility index (Phi) is 5.30. The zero-order valence-corrected chi connectivity index (χ0v) is 12.3. The van der Waals surface area contributed by atoms with Crippen molar-refractivity contribution in [2.45, 2.75) is 26.0 Å². The zero-order valence-electron chi connectivity index (χ0n) is 12.3. The van der Waals surface area contributed by atoms with E-state index >= 15 is 0 Å². The number of nitrogens with one attached hydrogen (secondary N) is 3. The molecule has 0 saturated carbocycles. The number of anilines is 1. The lowest BCUT2D eigenvalue weighted by Gasteiger charge is -2.29. The molecule has 1 fully saturated rings. The molecule has 114 valence electrons. The number of hydrogen-bond donors (Lipinski definition) is 3. The lowest BCUT2D eigenvalue weighted by Crippen LogP contribution is -2.53. The SMILES string of the molecule is CCNC(=O)c1ccc(NC(=O)[C@H]2NCCO[C@@H]2C)cc1. The van der Waals surface area contributed by atoms with Crippen LogP contribution in [0.15, 0.2) is 24.3 Å². The molecule has 1 saturated heterocycles. The third kappa shape index (κ3) is 4.03. The molecule has 1 aliphatic rings. The van der Waals surface area contributed by atoms with Crippen LogP contribution >= 0.6 is 0 Å². The van der Waals surface area contributed by atoms with Gasteiger partial charge in [-0.05, 0) is 38.1 Å². The van der Waals surface area contributed by atoms with E-state index in [1.54, 1.807) is 24.3 Å². The molecule has 1 aliphatic heterocycles. The quantitative estimate of drug-likeness (QED) is 0.765. The van der Waals surface area contributed by atoms with Gasteiger partial charge < -0.3 is 20.7 Å². The van der Waals surface area contributed by atoms with Gasteiger partial charge in [0.15, 0.2) is 0 Å². The molecule has 2 rings (SSSR count). The van der Waals surface area contributed by atoms with Gasteiger partial charge in [0.25, 0.3) is 5.91 Å². The Balaban J connectivity index is 1.96. The molecule has 0 aliphatic carbocycles. The van der Waals surface area contributed by atoms with Crippen molar-refractivity contribution >= 4 is 17.5 Å². The van der Waals surface area contributed by atoms with E-state index in [-0.39, 0.29) is 24.0 Å². The molecule has 6 heteroatoms. The zero-order chi connectivity index (χ0) is 15.2. The van der Waals surface area contributed by atoms with Crippen molar-refractivity contribution in [3.05, 3.63) is 29.8 Å². The van der Waals surface area contributed by atoms with Crippen molar-refractivity contribution < 1.29 is 14.3 Å². The summed E-state index contributed by atoms with van der Waals surface area (Å²) in [5.41, 5.74) is 1.23. The second-order valence-corrected chi connectivity index (χ2v) is 4.93. The summed E-state index contributed by atoms with van der Waals surface area (Å²) in [4.78, 5) is 23.8. The van der Waals surface area contributed by atoms with Crippen LogP contribution in [0.5, 0.6) is 0 Å². The van der Waals surface area contributed by atoms with Gasteiger partial charge >= 0.3 is 0 Å². The van der Waals surface area contributed by atoms with Gasteiger partial charge in [0.1, 0.15) is 6.04 Å². The first-order chi connectivity index (χ1) is 10.1. The van der Waals surface area contributed by atoms with Crippen molar-refractivity contribution in [1.29, 1.82) is 0 Å². The van der Waals surface area contributed by atoms with E-state index in [0.717, 1.165) is 0 Å². The monoisotopic (exact) mass is 291 g/mol. The maximum atomic E-state index is 12.2. The first-order valence-corrected chi connectivity index (χ1v) is 7.16. The third-order valence-electron chi connectivity index (χ3n) is 3.35. The fourth-order valence-electron chi connectivity index (χ4n) is 2.21. The summed E-state index contributed by atoms with van der Waals surface area (Å²) in [6.07, 6.45) is -0.159. The molecule has 1 aromatic rings. The summed E-state index contributed by atoms with van der Waals surface area (Å²) in [7, 11) is 0. The van der Waals surface area contributed by atoms with Crippen molar-refractivity contribution in [2.24, 2.45) is 0 Å². The summed E-state index contributed by atoms with van der Waals surface area (Å²) in [6, 6.07) is 6.46. The van der Waals surface area contributed by atoms with Crippen LogP contribution in [-0.4, -0.2) is 43.7 Å². The second-order valence-electron chi connectivity index (χ2n) is 4.93. The molecule has 2 amide bonds. The molecule has 2 atom stereocenters. The minimum absolute atomic E-state index is 0.119. The van der Waals surface area contributed by atoms with Crippen LogP contribution in [0.3, 0.4) is 0 Å². The summed E-state index contributed by atoms with van der Waals surface area (Å²) < 4.78 is 5.45. The molecule has 0 bridgehead atoms. The van der Waals surface area contributed by atoms with Gasteiger partial charge in [0.05, 0.1) is 12.7 Å². The Morgan fingerprint density at radius 2 is 2.05 bits per heavy atom. The van der Waals surface area contributed by atoms with Crippen LogP contribution in [-0.2, 0) is 9.53 Å². The Morgan fingerprint density at radius 3 is 2.67 bits per heavy atom. The van der Waals surface area contributed by atoms with E-state index in [1.807, 2.05) is 13.8 Å². The van der Waals surface area contributed by atoms with Gasteiger partial charge in [-0.15, -0.1) is 0 Å². The summed E-state index contributed by atoms with van der Waals surface area (Å²) in [5.74, 6) is -0.251. The number of carbonyl (C=O) groups excluding carboxylic acids is 2. The smallest absolute Gasteiger partial charge is 0.251 e. The summed E-state index contributed by atoms with van der Waals surface area (Å²) in [6.45, 7) is 5.61. The number of ether oxygens (including phenoxy) is 1. The molecule has 3 N–H and O–H groups in total. The lowest BCUT2D eigenvalue weighted by atomic mass is 10.1. The number of hydrogen-bond acceptors (Lipinski definition) is 4. The maximum Gasteiger partial charge on any atom is 0.251 e. The Morgan fingerprint density at radius 1 is 1.33 bits per heavy atom. The first kappa shape index (κ1) is 15.5. The molecule has 6 nitrogen and oxygen atoms in total. The molecular weight excluding hydrogens is 270 g/mol. The number of amides is 2. The molecule has 0 radical (unpaired) electrons. The fourth-order valence-corrected chi connectivity index (χ4v) is 2.21. The molecule has 21 heavy (non-hydrogen) atoms. The largest absolute Gasteiger partial charge is 0.375 e. The van der Waals surface area contributed by atoms with E-state index < -0.39 is 0 Å². The average molecular weight is 291 g/mol. The second kappa shape index (κ2) is 7.19. The van der Waals surface area contributed by atoms with Gasteiger partial charge in [-0.25, -0.2) is 0 Å². The fraction of sp³-hybridized carbons (Fsp3) is 0.467. The van der Waals surface area contributed by atoms with Crippen LogP contribution in [0.1, 0.15) is 24.2 Å². The normalized spacial score (nSPS) is 21.6. The van der Waals surface area contributed by atoms with Gasteiger partial charge in [-0.1, -0.05) is 0 Å². The topological polar surface area (TPSA) is 79.5 Å². The van der Waals surface area contributed by atoms with E-state index in [9.17, 15) is 9.59 Å². The molecule has 0 spiro atoms. The van der Waals surface area contributed by atoms with Crippen LogP contribution < -0.4 is 16.0 Å². The molecular formula is C15H21N3O3. The first-order valence-electron chi connectivity index (χ1n) is 7.16. The van der Waals surface area contributed by atoms with E-state index in [1.165, 1.54) is 0 Å². The predicted octanol–water partition coefficient (Wildman–Crippen LogP) is 0.752. The highest BCUT2D eigenvalue weighted by molar-refractivity contribution is 5.97. The van der Waals surface area contributed by atoms with Crippen molar-refractivity contribution in [3.63, 3.8) is 0 Å². The lowest BCUT2D eigenvalue weighted by molar-refractivity contribution is -0.123. The van der Waals surface area contributed by atoms with Crippen molar-refractivity contribution in [2.75, 3.05) is 25.0 Å². The van der Waals surface area contributed by atoms with E-state index in [0.29, 0.717) is 30.9 Å². The molecule has 0 unspecified atom stereocenters. The van der Waals surface area contributed by atoms with Crippen LogP contribution in [0, 0.1) is 0 Å². The number of morpholine rings is 1. The van der Waals surface area contributed by atoms with Gasteiger partial charge in [-0.2, -0.15) is 0 Å². The molecule has 1 aromatic carbocycles. The van der Waals surface area contributed by atoms with E-state index in [2.05, 4.69) is 16.0 Å². The maximum absolute atomic E-state index is 12.2. The Hall–Kier alpha value is -1.92. The summed E-state index contributed by atoms with van der Waals surface area (Å²) >= 11 is 0. The average Bonchev–Trinajstić information content (AvgIpc) is 2.48. The number of rotatable bonds is 4. The number of carbonyl (C=O) groups is 2. The highest BCUT2D eigenvalue weighted by Crippen LogP contribution is 2.12. The Labute approximate surface area is 124 Å². The number of benzene rings is 1. The van der Waals surface area contributed by atoms with Crippen LogP contribution in [0.4, 0.5) is 5.69 Å². The summed E-state index contributed by atoms with van der Waals surface area (Å²) in [5, 5.41) is 8.69. The Bertz CT molecular complexity index is 501. The highest BCUT2D eigenvalue weighted by atomic mass is 16.5. The van der Waals surface area contributed by atoms with Crippen molar-refractivity contribution in [1.82, 2.24) is 10.6 Å². The van der Waals surface area contributed by atoms with E-state index in [4.69, 9.17) is 4.74 Å².